The Bertz CT molecular complexity index is 777. The molecule has 1 atom stereocenters. The molecule has 3 heterocycles. The zero-order chi connectivity index (χ0) is 19.4. The highest BCUT2D eigenvalue weighted by atomic mass is 16.5. The number of carbonyl (C=O) groups is 1. The third kappa shape index (κ3) is 4.22. The molecule has 4 rings (SSSR count). The van der Waals surface area contributed by atoms with Crippen molar-refractivity contribution in [2.75, 3.05) is 53.1 Å². The molecule has 7 heteroatoms. The summed E-state index contributed by atoms with van der Waals surface area (Å²) in [6.07, 6.45) is 3.46. The Morgan fingerprint density at radius 3 is 2.75 bits per heavy atom. The summed E-state index contributed by atoms with van der Waals surface area (Å²) in [5, 5.41) is 0. The topological polar surface area (TPSA) is 64.4 Å². The number of methoxy groups -OCH3 is 1. The maximum Gasteiger partial charge on any atom is 0.254 e. The van der Waals surface area contributed by atoms with E-state index in [1.165, 1.54) is 0 Å². The lowest BCUT2D eigenvalue weighted by Crippen LogP contribution is -2.59. The normalized spacial score (nSPS) is 23.5. The van der Waals surface area contributed by atoms with Crippen LogP contribution >= 0.6 is 0 Å². The van der Waals surface area contributed by atoms with Crippen LogP contribution in [0.15, 0.2) is 47.3 Å². The fourth-order valence-corrected chi connectivity index (χ4v) is 3.88. The second kappa shape index (κ2) is 8.34. The molecule has 2 aliphatic rings. The summed E-state index contributed by atoms with van der Waals surface area (Å²) in [6.45, 7) is 5.04. The van der Waals surface area contributed by atoms with Crippen molar-refractivity contribution < 1.29 is 23.4 Å². The smallest absolute Gasteiger partial charge is 0.254 e. The fraction of sp³-hybridized carbons (Fsp3) is 0.476. The van der Waals surface area contributed by atoms with E-state index in [4.69, 9.17) is 18.6 Å². The highest BCUT2D eigenvalue weighted by Gasteiger charge is 2.41. The van der Waals surface area contributed by atoms with Gasteiger partial charge in [0.25, 0.3) is 5.91 Å². The van der Waals surface area contributed by atoms with E-state index in [1.807, 2.05) is 11.0 Å². The number of rotatable bonds is 4. The first-order valence-corrected chi connectivity index (χ1v) is 9.56. The lowest BCUT2D eigenvalue weighted by molar-refractivity contribution is -0.141. The van der Waals surface area contributed by atoms with Gasteiger partial charge < -0.3 is 23.5 Å². The molecule has 2 fully saturated rings. The Balaban J connectivity index is 1.47. The first-order valence-electron chi connectivity index (χ1n) is 9.56. The molecule has 1 aromatic heterocycles. The van der Waals surface area contributed by atoms with Crippen LogP contribution in [0.3, 0.4) is 0 Å². The van der Waals surface area contributed by atoms with Gasteiger partial charge in [0.05, 0.1) is 46.0 Å². The molecule has 2 saturated heterocycles. The van der Waals surface area contributed by atoms with Crippen LogP contribution in [0.5, 0.6) is 5.75 Å². The summed E-state index contributed by atoms with van der Waals surface area (Å²) in [5.74, 6) is 0.723. The van der Waals surface area contributed by atoms with E-state index in [9.17, 15) is 4.79 Å². The van der Waals surface area contributed by atoms with Crippen LogP contribution in [-0.4, -0.2) is 74.4 Å². The molecule has 0 saturated carbocycles. The third-order valence-corrected chi connectivity index (χ3v) is 5.29. The number of hydrogen-bond acceptors (Lipinski definition) is 6. The number of morpholine rings is 1. The van der Waals surface area contributed by atoms with E-state index in [0.717, 1.165) is 24.4 Å². The van der Waals surface area contributed by atoms with Crippen LogP contribution < -0.4 is 4.74 Å². The number of nitrogens with zero attached hydrogens (tertiary/aromatic N) is 2. The van der Waals surface area contributed by atoms with Gasteiger partial charge in [0, 0.05) is 37.3 Å². The molecular formula is C21H26N2O5. The molecule has 150 valence electrons. The maximum atomic E-state index is 13.1. The summed E-state index contributed by atoms with van der Waals surface area (Å²) in [6, 6.07) is 9.19. The van der Waals surface area contributed by atoms with Gasteiger partial charge in [0.1, 0.15) is 11.4 Å². The molecule has 0 bridgehead atoms. The number of furan rings is 1. The van der Waals surface area contributed by atoms with Crippen molar-refractivity contribution in [3.8, 4) is 5.75 Å². The Hall–Kier alpha value is -2.35. The van der Waals surface area contributed by atoms with Crippen molar-refractivity contribution in [3.05, 3.63) is 54.0 Å². The minimum atomic E-state index is -0.513. The van der Waals surface area contributed by atoms with Crippen LogP contribution in [-0.2, 0) is 16.0 Å². The molecule has 1 amide bonds. The number of hydrogen-bond donors (Lipinski definition) is 0. The first kappa shape index (κ1) is 19.0. The van der Waals surface area contributed by atoms with Gasteiger partial charge >= 0.3 is 0 Å². The largest absolute Gasteiger partial charge is 0.497 e. The van der Waals surface area contributed by atoms with Gasteiger partial charge in [-0.15, -0.1) is 0 Å². The third-order valence-electron chi connectivity index (χ3n) is 5.29. The Morgan fingerprint density at radius 2 is 2.00 bits per heavy atom. The number of amides is 1. The van der Waals surface area contributed by atoms with Crippen molar-refractivity contribution >= 4 is 5.91 Å². The standard InChI is InChI=1S/C21H26N2O5/c1-25-19-4-2-18(3-5-19)20(24)23-8-10-27-16-21(15-23)14-22(7-11-28-21)12-17-6-9-26-13-17/h2-6,9,13H,7-8,10-12,14-16H2,1H3/t21-/m1/s1. The molecule has 1 spiro atoms. The van der Waals surface area contributed by atoms with Crippen LogP contribution in [0, 0.1) is 0 Å². The van der Waals surface area contributed by atoms with Gasteiger partial charge in [-0.2, -0.15) is 0 Å². The van der Waals surface area contributed by atoms with E-state index in [1.54, 1.807) is 43.9 Å². The molecule has 28 heavy (non-hydrogen) atoms. The molecule has 1 aromatic carbocycles. The highest BCUT2D eigenvalue weighted by molar-refractivity contribution is 5.94. The lowest BCUT2D eigenvalue weighted by atomic mass is 10.0. The second-order valence-electron chi connectivity index (χ2n) is 7.38. The van der Waals surface area contributed by atoms with Crippen molar-refractivity contribution in [1.82, 2.24) is 9.80 Å². The predicted molar refractivity (Wildman–Crippen MR) is 102 cm³/mol. The van der Waals surface area contributed by atoms with E-state index < -0.39 is 5.60 Å². The average molecular weight is 386 g/mol. The summed E-state index contributed by atoms with van der Waals surface area (Å²) >= 11 is 0. The van der Waals surface area contributed by atoms with Crippen LogP contribution in [0.2, 0.25) is 0 Å². The summed E-state index contributed by atoms with van der Waals surface area (Å²) in [7, 11) is 1.61. The van der Waals surface area contributed by atoms with Crippen molar-refractivity contribution in [2.45, 2.75) is 12.1 Å². The molecular weight excluding hydrogens is 360 g/mol. The molecule has 0 radical (unpaired) electrons. The quantitative estimate of drug-likeness (QED) is 0.801. The lowest BCUT2D eigenvalue weighted by Gasteiger charge is -2.43. The fourth-order valence-electron chi connectivity index (χ4n) is 3.88. The maximum absolute atomic E-state index is 13.1. The minimum absolute atomic E-state index is 0.0110. The summed E-state index contributed by atoms with van der Waals surface area (Å²) in [5.41, 5.74) is 1.27. The molecule has 0 N–H and O–H groups in total. The van der Waals surface area contributed by atoms with E-state index in [-0.39, 0.29) is 5.91 Å². The molecule has 2 aromatic rings. The zero-order valence-corrected chi connectivity index (χ0v) is 16.1. The number of benzene rings is 1. The molecule has 2 aliphatic heterocycles. The zero-order valence-electron chi connectivity index (χ0n) is 16.1. The Kier molecular flexibility index (Phi) is 5.66. The Labute approximate surface area is 164 Å². The Morgan fingerprint density at radius 1 is 1.14 bits per heavy atom. The van der Waals surface area contributed by atoms with Crippen molar-refractivity contribution in [2.24, 2.45) is 0 Å². The van der Waals surface area contributed by atoms with Gasteiger partial charge in [0.2, 0.25) is 0 Å². The number of ether oxygens (including phenoxy) is 3. The van der Waals surface area contributed by atoms with Crippen molar-refractivity contribution in [1.29, 1.82) is 0 Å². The van der Waals surface area contributed by atoms with E-state index in [0.29, 0.717) is 45.0 Å². The van der Waals surface area contributed by atoms with Gasteiger partial charge in [-0.1, -0.05) is 0 Å². The summed E-state index contributed by atoms with van der Waals surface area (Å²) in [4.78, 5) is 17.2. The van der Waals surface area contributed by atoms with Gasteiger partial charge in [-0.05, 0) is 30.3 Å². The van der Waals surface area contributed by atoms with Crippen molar-refractivity contribution in [3.63, 3.8) is 0 Å². The summed E-state index contributed by atoms with van der Waals surface area (Å²) < 4.78 is 22.4. The second-order valence-corrected chi connectivity index (χ2v) is 7.38. The predicted octanol–water partition coefficient (Wildman–Crippen LogP) is 2.03. The molecule has 0 aliphatic carbocycles. The van der Waals surface area contributed by atoms with Gasteiger partial charge in [-0.3, -0.25) is 9.69 Å². The first-order chi connectivity index (χ1) is 13.7. The van der Waals surface area contributed by atoms with Gasteiger partial charge in [-0.25, -0.2) is 0 Å². The highest BCUT2D eigenvalue weighted by Crippen LogP contribution is 2.25. The van der Waals surface area contributed by atoms with Crippen LogP contribution in [0.1, 0.15) is 15.9 Å². The number of carbonyl (C=O) groups excluding carboxylic acids is 1. The van der Waals surface area contributed by atoms with Gasteiger partial charge in [0.15, 0.2) is 0 Å². The van der Waals surface area contributed by atoms with Crippen LogP contribution in [0.25, 0.3) is 0 Å². The minimum Gasteiger partial charge on any atom is -0.497 e. The monoisotopic (exact) mass is 386 g/mol. The molecule has 7 nitrogen and oxygen atoms in total. The SMILES string of the molecule is COc1ccc(C(=O)N2CCOC[C@@]3(CN(Cc4ccoc4)CCO3)C2)cc1. The van der Waals surface area contributed by atoms with Crippen LogP contribution in [0.4, 0.5) is 0 Å². The average Bonchev–Trinajstić information content (AvgIpc) is 3.15. The van der Waals surface area contributed by atoms with E-state index in [2.05, 4.69) is 4.90 Å². The van der Waals surface area contributed by atoms with E-state index >= 15 is 0 Å². The molecule has 0 unspecified atom stereocenters.